The van der Waals surface area contributed by atoms with Gasteiger partial charge in [-0.25, -0.2) is 0 Å². The maximum absolute atomic E-state index is 13.2. The van der Waals surface area contributed by atoms with Crippen molar-refractivity contribution in [2.45, 2.75) is 0 Å². The minimum Gasteiger partial charge on any atom is -0.492 e. The lowest BCUT2D eigenvalue weighted by molar-refractivity contribution is -0.387. The first kappa shape index (κ1) is 17.2. The van der Waals surface area contributed by atoms with Crippen LogP contribution in [0.2, 0.25) is 0 Å². The molecule has 7 nitrogen and oxygen atoms in total. The molecule has 0 bridgehead atoms. The molecule has 0 radical (unpaired) electrons. The van der Waals surface area contributed by atoms with E-state index >= 15 is 0 Å². The van der Waals surface area contributed by atoms with E-state index in [1.165, 1.54) is 6.07 Å². The van der Waals surface area contributed by atoms with E-state index in [-0.39, 0.29) is 12.5 Å². The van der Waals surface area contributed by atoms with Crippen LogP contribution in [0, 0.1) is 15.9 Å². The average Bonchev–Trinajstić information content (AvgIpc) is 2.58. The third kappa shape index (κ3) is 5.24. The van der Waals surface area contributed by atoms with Crippen LogP contribution in [0.4, 0.5) is 15.8 Å². The van der Waals surface area contributed by atoms with Gasteiger partial charge in [-0.1, -0.05) is 18.2 Å². The zero-order chi connectivity index (χ0) is 17.4. The van der Waals surface area contributed by atoms with E-state index in [4.69, 9.17) is 4.74 Å². The summed E-state index contributed by atoms with van der Waals surface area (Å²) < 4.78 is 18.6. The molecule has 1 amide bonds. The van der Waals surface area contributed by atoms with Crippen LogP contribution in [-0.4, -0.2) is 30.5 Å². The lowest BCUT2D eigenvalue weighted by atomic mass is 10.2. The first-order valence-corrected chi connectivity index (χ1v) is 7.18. The summed E-state index contributed by atoms with van der Waals surface area (Å²) >= 11 is 0. The van der Waals surface area contributed by atoms with Gasteiger partial charge in [-0.05, 0) is 24.3 Å². The molecule has 0 saturated heterocycles. The number of halogens is 1. The van der Waals surface area contributed by atoms with Gasteiger partial charge in [-0.3, -0.25) is 14.9 Å². The van der Waals surface area contributed by atoms with Crippen molar-refractivity contribution in [3.05, 3.63) is 64.5 Å². The fourth-order valence-electron chi connectivity index (χ4n) is 1.88. The molecule has 0 heterocycles. The molecule has 24 heavy (non-hydrogen) atoms. The van der Waals surface area contributed by atoms with Crippen molar-refractivity contribution in [1.29, 1.82) is 0 Å². The maximum atomic E-state index is 13.2. The predicted octanol–water partition coefficient (Wildman–Crippen LogP) is 2.34. The van der Waals surface area contributed by atoms with Gasteiger partial charge >= 0.3 is 5.69 Å². The molecule has 2 rings (SSSR count). The third-order valence-electron chi connectivity index (χ3n) is 3.03. The molecule has 2 N–H and O–H groups in total. The molecule has 0 fully saturated rings. The first-order chi connectivity index (χ1) is 11.6. The number of hydrogen-bond donors (Lipinski definition) is 2. The molecule has 0 aliphatic rings. The van der Waals surface area contributed by atoms with Crippen molar-refractivity contribution >= 4 is 17.3 Å². The summed E-state index contributed by atoms with van der Waals surface area (Å²) in [5, 5.41) is 16.0. The van der Waals surface area contributed by atoms with Gasteiger partial charge in [-0.2, -0.15) is 4.39 Å². The first-order valence-electron chi connectivity index (χ1n) is 7.18. The second kappa shape index (κ2) is 8.47. The van der Waals surface area contributed by atoms with Crippen LogP contribution in [-0.2, 0) is 4.79 Å². The summed E-state index contributed by atoms with van der Waals surface area (Å²) in [4.78, 5) is 21.5. The Morgan fingerprint density at radius 1 is 1.21 bits per heavy atom. The Morgan fingerprint density at radius 3 is 2.67 bits per heavy atom. The summed E-state index contributed by atoms with van der Waals surface area (Å²) in [7, 11) is 0. The number of amides is 1. The normalized spacial score (nSPS) is 10.0. The van der Waals surface area contributed by atoms with Gasteiger partial charge in [0.1, 0.15) is 12.4 Å². The number of anilines is 1. The van der Waals surface area contributed by atoms with Crippen LogP contribution < -0.4 is 15.4 Å². The van der Waals surface area contributed by atoms with Gasteiger partial charge in [0.05, 0.1) is 18.0 Å². The number of ether oxygens (including phenoxy) is 1. The van der Waals surface area contributed by atoms with Gasteiger partial charge < -0.3 is 15.4 Å². The highest BCUT2D eigenvalue weighted by Gasteiger charge is 2.14. The molecule has 0 aromatic heterocycles. The number of para-hydroxylation sites is 1. The molecule has 0 atom stereocenters. The molecule has 0 aliphatic heterocycles. The average molecular weight is 333 g/mol. The Bertz CT molecular complexity index is 710. The molecule has 0 aliphatic carbocycles. The molecule has 8 heteroatoms. The van der Waals surface area contributed by atoms with Crippen LogP contribution >= 0.6 is 0 Å². The summed E-state index contributed by atoms with van der Waals surface area (Å²) in [6.45, 7) is 0.546. The Labute approximate surface area is 137 Å². The molecule has 0 saturated carbocycles. The van der Waals surface area contributed by atoms with Crippen molar-refractivity contribution in [3.63, 3.8) is 0 Å². The number of hydrogen-bond acceptors (Lipinski definition) is 5. The minimum atomic E-state index is -0.923. The summed E-state index contributed by atoms with van der Waals surface area (Å²) in [6, 6.07) is 12.5. The maximum Gasteiger partial charge on any atom is 0.306 e. The molecule has 126 valence electrons. The third-order valence-corrected chi connectivity index (χ3v) is 3.03. The lowest BCUT2D eigenvalue weighted by Crippen LogP contribution is -2.33. The van der Waals surface area contributed by atoms with Crippen LogP contribution in [0.5, 0.6) is 5.75 Å². The smallest absolute Gasteiger partial charge is 0.306 e. The second-order valence-corrected chi connectivity index (χ2v) is 4.79. The molecular formula is C16H16FN3O4. The summed E-state index contributed by atoms with van der Waals surface area (Å²) in [6.07, 6.45) is 0. The number of carbonyl (C=O) groups excluding carboxylic acids is 1. The van der Waals surface area contributed by atoms with Crippen LogP contribution in [0.1, 0.15) is 0 Å². The SMILES string of the molecule is O=C(CNc1ccc(F)c([N+](=O)[O-])c1)NCCOc1ccccc1. The highest BCUT2D eigenvalue weighted by atomic mass is 19.1. The fourth-order valence-corrected chi connectivity index (χ4v) is 1.88. The monoisotopic (exact) mass is 333 g/mol. The Kier molecular flexibility index (Phi) is 6.07. The molecule has 0 spiro atoms. The molecule has 2 aromatic carbocycles. The number of carbonyl (C=O) groups is 1. The Hall–Kier alpha value is -3.16. The second-order valence-electron chi connectivity index (χ2n) is 4.79. The largest absolute Gasteiger partial charge is 0.492 e. The predicted molar refractivity (Wildman–Crippen MR) is 86.5 cm³/mol. The quantitative estimate of drug-likeness (QED) is 0.439. The lowest BCUT2D eigenvalue weighted by Gasteiger charge is -2.09. The van der Waals surface area contributed by atoms with Crippen molar-refractivity contribution < 1.29 is 18.8 Å². The Balaban J connectivity index is 1.71. The van der Waals surface area contributed by atoms with E-state index < -0.39 is 16.4 Å². The molecule has 0 unspecified atom stereocenters. The molecule has 2 aromatic rings. The molecular weight excluding hydrogens is 317 g/mol. The topological polar surface area (TPSA) is 93.5 Å². The number of benzene rings is 2. The van der Waals surface area contributed by atoms with Gasteiger partial charge in [0.25, 0.3) is 0 Å². The van der Waals surface area contributed by atoms with Crippen LogP contribution in [0.15, 0.2) is 48.5 Å². The number of nitrogens with one attached hydrogen (secondary N) is 2. The van der Waals surface area contributed by atoms with Crippen molar-refractivity contribution in [3.8, 4) is 5.75 Å². The minimum absolute atomic E-state index is 0.0892. The Morgan fingerprint density at radius 2 is 1.96 bits per heavy atom. The van der Waals surface area contributed by atoms with E-state index in [0.717, 1.165) is 12.1 Å². The number of nitro groups is 1. The zero-order valence-electron chi connectivity index (χ0n) is 12.7. The summed E-state index contributed by atoms with van der Waals surface area (Å²) in [5.74, 6) is -0.518. The van der Waals surface area contributed by atoms with E-state index in [1.54, 1.807) is 0 Å². The number of nitrogens with zero attached hydrogens (tertiary/aromatic N) is 1. The van der Waals surface area contributed by atoms with Crippen molar-refractivity contribution in [2.75, 3.05) is 25.0 Å². The van der Waals surface area contributed by atoms with Gasteiger partial charge in [0.2, 0.25) is 11.7 Å². The van der Waals surface area contributed by atoms with Gasteiger partial charge in [0, 0.05) is 11.8 Å². The highest BCUT2D eigenvalue weighted by Crippen LogP contribution is 2.21. The van der Waals surface area contributed by atoms with E-state index in [0.29, 0.717) is 24.6 Å². The van der Waals surface area contributed by atoms with E-state index in [1.807, 2.05) is 30.3 Å². The van der Waals surface area contributed by atoms with Gasteiger partial charge in [0.15, 0.2) is 0 Å². The standard InChI is InChI=1S/C16H16FN3O4/c17-14-7-6-12(10-15(14)20(22)23)19-11-16(21)18-8-9-24-13-4-2-1-3-5-13/h1-7,10,19H,8-9,11H2,(H,18,21). The number of nitro benzene ring substituents is 1. The highest BCUT2D eigenvalue weighted by molar-refractivity contribution is 5.80. The summed E-state index contributed by atoms with van der Waals surface area (Å²) in [5.41, 5.74) is -0.351. The van der Waals surface area contributed by atoms with Crippen LogP contribution in [0.25, 0.3) is 0 Å². The van der Waals surface area contributed by atoms with Crippen molar-refractivity contribution in [1.82, 2.24) is 5.32 Å². The number of rotatable bonds is 8. The van der Waals surface area contributed by atoms with Gasteiger partial charge in [-0.15, -0.1) is 0 Å². The van der Waals surface area contributed by atoms with Crippen LogP contribution in [0.3, 0.4) is 0 Å². The van der Waals surface area contributed by atoms with E-state index in [2.05, 4.69) is 10.6 Å². The zero-order valence-corrected chi connectivity index (χ0v) is 12.7. The van der Waals surface area contributed by atoms with Crippen molar-refractivity contribution in [2.24, 2.45) is 0 Å². The fraction of sp³-hybridized carbons (Fsp3) is 0.188. The van der Waals surface area contributed by atoms with E-state index in [9.17, 15) is 19.3 Å².